The van der Waals surface area contributed by atoms with Gasteiger partial charge in [0.15, 0.2) is 0 Å². The normalized spacial score (nSPS) is 9.93. The molecule has 0 aliphatic carbocycles. The van der Waals surface area contributed by atoms with Crippen LogP contribution in [0.1, 0.15) is 23.1 Å². The van der Waals surface area contributed by atoms with Crippen molar-refractivity contribution in [3.8, 4) is 0 Å². The standard InChI is InChI=1S/C11H14N2O2/c1-8(2)6-12-7-9-4-3-5-10(13-9)11(14)15/h3-5,12H,1,6-7H2,2H3,(H,14,15). The summed E-state index contributed by atoms with van der Waals surface area (Å²) in [6.07, 6.45) is 0. The molecule has 0 spiro atoms. The Morgan fingerprint density at radius 3 is 2.93 bits per heavy atom. The van der Waals surface area contributed by atoms with Crippen molar-refractivity contribution in [1.82, 2.24) is 10.3 Å². The minimum atomic E-state index is -1.00. The molecule has 0 saturated carbocycles. The Morgan fingerprint density at radius 2 is 2.33 bits per heavy atom. The van der Waals surface area contributed by atoms with Crippen molar-refractivity contribution in [2.45, 2.75) is 13.5 Å². The van der Waals surface area contributed by atoms with Gasteiger partial charge in [-0.25, -0.2) is 9.78 Å². The van der Waals surface area contributed by atoms with Crippen LogP contribution in [0.4, 0.5) is 0 Å². The molecule has 4 heteroatoms. The van der Waals surface area contributed by atoms with Crippen molar-refractivity contribution in [2.24, 2.45) is 0 Å². The summed E-state index contributed by atoms with van der Waals surface area (Å²) in [5, 5.41) is 11.8. The summed E-state index contributed by atoms with van der Waals surface area (Å²) < 4.78 is 0. The smallest absolute Gasteiger partial charge is 0.354 e. The molecule has 0 aliphatic heterocycles. The van der Waals surface area contributed by atoms with Gasteiger partial charge in [-0.05, 0) is 19.1 Å². The molecule has 0 saturated heterocycles. The topological polar surface area (TPSA) is 62.2 Å². The van der Waals surface area contributed by atoms with Gasteiger partial charge < -0.3 is 10.4 Å². The Labute approximate surface area is 88.7 Å². The zero-order valence-electron chi connectivity index (χ0n) is 8.66. The zero-order chi connectivity index (χ0) is 11.3. The van der Waals surface area contributed by atoms with Gasteiger partial charge in [0, 0.05) is 13.1 Å². The molecule has 0 aromatic carbocycles. The molecule has 15 heavy (non-hydrogen) atoms. The van der Waals surface area contributed by atoms with Gasteiger partial charge in [0.25, 0.3) is 0 Å². The van der Waals surface area contributed by atoms with E-state index >= 15 is 0 Å². The van der Waals surface area contributed by atoms with E-state index in [0.717, 1.165) is 11.3 Å². The first kappa shape index (κ1) is 11.4. The lowest BCUT2D eigenvalue weighted by Crippen LogP contribution is -2.16. The molecule has 0 atom stereocenters. The van der Waals surface area contributed by atoms with Crippen LogP contribution >= 0.6 is 0 Å². The SMILES string of the molecule is C=C(C)CNCc1cccc(C(=O)O)n1. The number of rotatable bonds is 5. The van der Waals surface area contributed by atoms with Crippen molar-refractivity contribution in [3.05, 3.63) is 41.7 Å². The van der Waals surface area contributed by atoms with Crippen LogP contribution < -0.4 is 5.32 Å². The Morgan fingerprint density at radius 1 is 1.60 bits per heavy atom. The van der Waals surface area contributed by atoms with Crippen LogP contribution in [-0.4, -0.2) is 22.6 Å². The number of carbonyl (C=O) groups is 1. The summed E-state index contributed by atoms with van der Waals surface area (Å²) in [5.74, 6) is -1.00. The van der Waals surface area contributed by atoms with Crippen LogP contribution in [0.3, 0.4) is 0 Å². The molecule has 0 radical (unpaired) electrons. The van der Waals surface area contributed by atoms with E-state index in [-0.39, 0.29) is 5.69 Å². The fourth-order valence-corrected chi connectivity index (χ4v) is 1.10. The largest absolute Gasteiger partial charge is 0.477 e. The first-order chi connectivity index (χ1) is 7.09. The Balaban J connectivity index is 2.58. The van der Waals surface area contributed by atoms with Gasteiger partial charge in [-0.3, -0.25) is 0 Å². The predicted octanol–water partition coefficient (Wildman–Crippen LogP) is 1.45. The molecule has 0 bridgehead atoms. The van der Waals surface area contributed by atoms with Crippen LogP contribution in [-0.2, 0) is 6.54 Å². The molecule has 1 rings (SSSR count). The monoisotopic (exact) mass is 206 g/mol. The van der Waals surface area contributed by atoms with Crippen LogP contribution in [0.2, 0.25) is 0 Å². The van der Waals surface area contributed by atoms with Crippen LogP contribution in [0, 0.1) is 0 Å². The average molecular weight is 206 g/mol. The number of nitrogens with one attached hydrogen (secondary N) is 1. The molecule has 1 aromatic rings. The van der Waals surface area contributed by atoms with Crippen molar-refractivity contribution in [1.29, 1.82) is 0 Å². The molecule has 1 heterocycles. The van der Waals surface area contributed by atoms with Crippen molar-refractivity contribution in [3.63, 3.8) is 0 Å². The highest BCUT2D eigenvalue weighted by atomic mass is 16.4. The quantitative estimate of drug-likeness (QED) is 0.716. The van der Waals surface area contributed by atoms with E-state index in [4.69, 9.17) is 5.11 Å². The fourth-order valence-electron chi connectivity index (χ4n) is 1.10. The number of aromatic nitrogens is 1. The number of aromatic carboxylic acids is 1. The summed E-state index contributed by atoms with van der Waals surface area (Å²) >= 11 is 0. The number of nitrogens with zero attached hydrogens (tertiary/aromatic N) is 1. The van der Waals surface area contributed by atoms with Gasteiger partial charge in [0.05, 0.1) is 5.69 Å². The van der Waals surface area contributed by atoms with E-state index in [1.54, 1.807) is 12.1 Å². The molecule has 4 nitrogen and oxygen atoms in total. The van der Waals surface area contributed by atoms with E-state index in [1.165, 1.54) is 6.07 Å². The lowest BCUT2D eigenvalue weighted by atomic mass is 10.3. The highest BCUT2D eigenvalue weighted by molar-refractivity contribution is 5.85. The third-order valence-electron chi connectivity index (χ3n) is 1.76. The second kappa shape index (κ2) is 5.26. The van der Waals surface area contributed by atoms with Gasteiger partial charge in [-0.1, -0.05) is 18.2 Å². The summed E-state index contributed by atoms with van der Waals surface area (Å²) in [6.45, 7) is 6.94. The zero-order valence-corrected chi connectivity index (χ0v) is 8.66. The van der Waals surface area contributed by atoms with Crippen LogP contribution in [0.5, 0.6) is 0 Å². The van der Waals surface area contributed by atoms with E-state index in [9.17, 15) is 4.79 Å². The molecule has 0 unspecified atom stereocenters. The average Bonchev–Trinajstić information content (AvgIpc) is 2.17. The number of carboxylic acids is 1. The number of hydrogen-bond acceptors (Lipinski definition) is 3. The summed E-state index contributed by atoms with van der Waals surface area (Å²) in [4.78, 5) is 14.6. The number of hydrogen-bond donors (Lipinski definition) is 2. The summed E-state index contributed by atoms with van der Waals surface area (Å²) in [7, 11) is 0. The fraction of sp³-hybridized carbons (Fsp3) is 0.273. The lowest BCUT2D eigenvalue weighted by molar-refractivity contribution is 0.0690. The summed E-state index contributed by atoms with van der Waals surface area (Å²) in [5.41, 5.74) is 1.82. The minimum Gasteiger partial charge on any atom is -0.477 e. The highest BCUT2D eigenvalue weighted by Crippen LogP contribution is 1.99. The van der Waals surface area contributed by atoms with Crippen LogP contribution in [0.25, 0.3) is 0 Å². The lowest BCUT2D eigenvalue weighted by Gasteiger charge is -2.04. The highest BCUT2D eigenvalue weighted by Gasteiger charge is 2.04. The second-order valence-electron chi connectivity index (χ2n) is 3.38. The molecule has 1 aromatic heterocycles. The van der Waals surface area contributed by atoms with Crippen molar-refractivity contribution >= 4 is 5.97 Å². The minimum absolute atomic E-state index is 0.0737. The molecular weight excluding hydrogens is 192 g/mol. The van der Waals surface area contributed by atoms with Gasteiger partial charge in [0.2, 0.25) is 0 Å². The molecule has 2 N–H and O–H groups in total. The third kappa shape index (κ3) is 3.91. The first-order valence-electron chi connectivity index (χ1n) is 4.64. The molecule has 80 valence electrons. The third-order valence-corrected chi connectivity index (χ3v) is 1.76. The molecule has 0 aliphatic rings. The predicted molar refractivity (Wildman–Crippen MR) is 57.7 cm³/mol. The van der Waals surface area contributed by atoms with E-state index in [1.807, 2.05) is 6.92 Å². The second-order valence-corrected chi connectivity index (χ2v) is 3.38. The van der Waals surface area contributed by atoms with Crippen LogP contribution in [0.15, 0.2) is 30.4 Å². The van der Waals surface area contributed by atoms with Crippen molar-refractivity contribution < 1.29 is 9.90 Å². The Bertz CT molecular complexity index is 375. The maximum Gasteiger partial charge on any atom is 0.354 e. The maximum absolute atomic E-state index is 10.6. The molecule has 0 amide bonds. The molecular formula is C11H14N2O2. The van der Waals surface area contributed by atoms with Crippen molar-refractivity contribution in [2.75, 3.05) is 6.54 Å². The maximum atomic E-state index is 10.6. The van der Waals surface area contributed by atoms with Gasteiger partial charge >= 0.3 is 5.97 Å². The van der Waals surface area contributed by atoms with E-state index < -0.39 is 5.97 Å². The van der Waals surface area contributed by atoms with Gasteiger partial charge in [-0.2, -0.15) is 0 Å². The number of pyridine rings is 1. The number of carboxylic acid groups (broad SMARTS) is 1. The molecule has 0 fully saturated rings. The Kier molecular flexibility index (Phi) is 4.00. The van der Waals surface area contributed by atoms with Gasteiger partial charge in [0.1, 0.15) is 5.69 Å². The van der Waals surface area contributed by atoms with Gasteiger partial charge in [-0.15, -0.1) is 0 Å². The van der Waals surface area contributed by atoms with E-state index in [0.29, 0.717) is 13.1 Å². The summed E-state index contributed by atoms with van der Waals surface area (Å²) in [6, 6.07) is 4.96. The first-order valence-corrected chi connectivity index (χ1v) is 4.64. The Hall–Kier alpha value is -1.68. The van der Waals surface area contributed by atoms with E-state index in [2.05, 4.69) is 16.9 Å².